The number of aliphatic hydroxyl groups is 3. The first-order valence-electron chi connectivity index (χ1n) is 4.36. The van der Waals surface area contributed by atoms with Crippen LogP contribution in [0, 0.1) is 11.8 Å². The zero-order valence-corrected chi connectivity index (χ0v) is 6.76. The second-order valence-electron chi connectivity index (χ2n) is 3.66. The number of ether oxygens (including phenoxy) is 1. The van der Waals surface area contributed by atoms with Crippen molar-refractivity contribution < 1.29 is 20.1 Å². The maximum Gasteiger partial charge on any atom is 0.160 e. The van der Waals surface area contributed by atoms with Crippen molar-refractivity contribution in [2.24, 2.45) is 11.8 Å². The molecule has 2 aliphatic rings. The van der Waals surface area contributed by atoms with E-state index in [1.54, 1.807) is 0 Å². The fraction of sp³-hybridized carbons (Fsp3) is 1.00. The van der Waals surface area contributed by atoms with Crippen molar-refractivity contribution in [2.75, 3.05) is 6.61 Å². The molecule has 1 aliphatic heterocycles. The molecule has 0 amide bonds. The highest BCUT2D eigenvalue weighted by molar-refractivity contribution is 4.93. The summed E-state index contributed by atoms with van der Waals surface area (Å²) in [7, 11) is 0. The first kappa shape index (κ1) is 8.44. The minimum absolute atomic E-state index is 0.0174. The molecule has 2 fully saturated rings. The molecule has 5 atom stereocenters. The lowest BCUT2D eigenvalue weighted by molar-refractivity contribution is -0.192. The van der Waals surface area contributed by atoms with Crippen LogP contribution in [0.3, 0.4) is 0 Å². The Kier molecular flexibility index (Phi) is 2.08. The van der Waals surface area contributed by atoms with Gasteiger partial charge >= 0.3 is 0 Å². The summed E-state index contributed by atoms with van der Waals surface area (Å²) in [5.41, 5.74) is 0. The third-order valence-electron chi connectivity index (χ3n) is 2.98. The van der Waals surface area contributed by atoms with Crippen molar-refractivity contribution in [3.63, 3.8) is 0 Å². The molecule has 0 bridgehead atoms. The van der Waals surface area contributed by atoms with Gasteiger partial charge in [-0.3, -0.25) is 0 Å². The molecule has 0 aromatic heterocycles. The predicted molar refractivity (Wildman–Crippen MR) is 40.2 cm³/mol. The van der Waals surface area contributed by atoms with Gasteiger partial charge < -0.3 is 20.1 Å². The Morgan fingerprint density at radius 1 is 1.08 bits per heavy atom. The third-order valence-corrected chi connectivity index (χ3v) is 2.98. The summed E-state index contributed by atoms with van der Waals surface area (Å²) in [4.78, 5) is 0. The topological polar surface area (TPSA) is 69.9 Å². The van der Waals surface area contributed by atoms with Crippen LogP contribution >= 0.6 is 0 Å². The van der Waals surface area contributed by atoms with E-state index < -0.39 is 18.5 Å². The van der Waals surface area contributed by atoms with E-state index >= 15 is 0 Å². The van der Waals surface area contributed by atoms with Crippen molar-refractivity contribution in [3.05, 3.63) is 0 Å². The molecule has 0 radical (unpaired) electrons. The number of aliphatic hydroxyl groups excluding tert-OH is 3. The Morgan fingerprint density at radius 2 is 1.83 bits per heavy atom. The molecule has 1 heterocycles. The molecule has 4 nitrogen and oxygen atoms in total. The summed E-state index contributed by atoms with van der Waals surface area (Å²) in [5, 5.41) is 28.3. The van der Waals surface area contributed by atoms with E-state index in [-0.39, 0.29) is 11.8 Å². The maximum absolute atomic E-state index is 9.49. The van der Waals surface area contributed by atoms with E-state index in [0.717, 1.165) is 6.42 Å². The average Bonchev–Trinajstić information content (AvgIpc) is 2.29. The highest BCUT2D eigenvalue weighted by atomic mass is 16.6. The Hall–Kier alpha value is -0.160. The van der Waals surface area contributed by atoms with Gasteiger partial charge in [-0.15, -0.1) is 0 Å². The molecule has 0 spiro atoms. The summed E-state index contributed by atoms with van der Waals surface area (Å²) in [6.45, 7) is 0.478. The smallest absolute Gasteiger partial charge is 0.160 e. The van der Waals surface area contributed by atoms with Crippen molar-refractivity contribution in [1.82, 2.24) is 0 Å². The molecule has 1 saturated carbocycles. The second-order valence-corrected chi connectivity index (χ2v) is 3.66. The Bertz CT molecular complexity index is 168. The number of hydrogen-bond acceptors (Lipinski definition) is 4. The van der Waals surface area contributed by atoms with Crippen molar-refractivity contribution in [2.45, 2.75) is 31.3 Å². The lowest BCUT2D eigenvalue weighted by Gasteiger charge is -2.32. The molecular formula is C8H14O4. The summed E-state index contributed by atoms with van der Waals surface area (Å²) in [6, 6.07) is 0. The van der Waals surface area contributed by atoms with E-state index in [1.165, 1.54) is 0 Å². The van der Waals surface area contributed by atoms with Gasteiger partial charge in [0.25, 0.3) is 0 Å². The fourth-order valence-electron chi connectivity index (χ4n) is 2.34. The summed E-state index contributed by atoms with van der Waals surface area (Å²) in [6.07, 6.45) is -0.866. The van der Waals surface area contributed by atoms with Crippen LogP contribution in [0.5, 0.6) is 0 Å². The van der Waals surface area contributed by atoms with Gasteiger partial charge in [0, 0.05) is 5.92 Å². The van der Waals surface area contributed by atoms with Crippen LogP contribution in [0.25, 0.3) is 0 Å². The Morgan fingerprint density at radius 3 is 2.50 bits per heavy atom. The first-order valence-corrected chi connectivity index (χ1v) is 4.36. The predicted octanol–water partition coefficient (Wildman–Crippen LogP) is -0.917. The van der Waals surface area contributed by atoms with Gasteiger partial charge in [-0.2, -0.15) is 0 Å². The van der Waals surface area contributed by atoms with E-state index in [4.69, 9.17) is 4.74 Å². The fourth-order valence-corrected chi connectivity index (χ4v) is 2.34. The molecule has 0 aromatic carbocycles. The molecular weight excluding hydrogens is 160 g/mol. The third kappa shape index (κ3) is 1.15. The van der Waals surface area contributed by atoms with Crippen LogP contribution in [0.4, 0.5) is 0 Å². The van der Waals surface area contributed by atoms with E-state index in [9.17, 15) is 15.3 Å². The van der Waals surface area contributed by atoms with Crippen LogP contribution in [-0.4, -0.2) is 40.4 Å². The standard InChI is InChI=1S/C8H14O4/c9-5-3-6(10)7-4(5)1-2-12-8(7)11/h4-11H,1-3H2/t4-,5+,6-,7-,8?/m0/s1. The Balaban J connectivity index is 2.13. The van der Waals surface area contributed by atoms with E-state index in [0.29, 0.717) is 13.0 Å². The van der Waals surface area contributed by atoms with Crippen LogP contribution in [0.15, 0.2) is 0 Å². The van der Waals surface area contributed by atoms with Crippen LogP contribution in [-0.2, 0) is 4.74 Å². The van der Waals surface area contributed by atoms with Crippen LogP contribution < -0.4 is 0 Å². The van der Waals surface area contributed by atoms with Crippen molar-refractivity contribution in [3.8, 4) is 0 Å². The number of fused-ring (bicyclic) bond motifs is 1. The average molecular weight is 174 g/mol. The normalized spacial score (nSPS) is 53.8. The monoisotopic (exact) mass is 174 g/mol. The maximum atomic E-state index is 9.49. The quantitative estimate of drug-likeness (QED) is 0.444. The highest BCUT2D eigenvalue weighted by Crippen LogP contribution is 2.39. The molecule has 70 valence electrons. The largest absolute Gasteiger partial charge is 0.393 e. The van der Waals surface area contributed by atoms with Crippen molar-refractivity contribution in [1.29, 1.82) is 0 Å². The minimum Gasteiger partial charge on any atom is -0.393 e. The van der Waals surface area contributed by atoms with Crippen molar-refractivity contribution >= 4 is 0 Å². The van der Waals surface area contributed by atoms with Gasteiger partial charge in [-0.05, 0) is 18.8 Å². The molecule has 1 aliphatic carbocycles. The van der Waals surface area contributed by atoms with Gasteiger partial charge in [0.15, 0.2) is 6.29 Å². The zero-order valence-electron chi connectivity index (χ0n) is 6.76. The molecule has 3 N–H and O–H groups in total. The van der Waals surface area contributed by atoms with Crippen LogP contribution in [0.1, 0.15) is 12.8 Å². The van der Waals surface area contributed by atoms with Gasteiger partial charge in [0.2, 0.25) is 0 Å². The second kappa shape index (κ2) is 2.96. The van der Waals surface area contributed by atoms with Gasteiger partial charge in [-0.1, -0.05) is 0 Å². The Labute approximate surface area is 70.8 Å². The highest BCUT2D eigenvalue weighted by Gasteiger charge is 2.47. The van der Waals surface area contributed by atoms with E-state index in [1.807, 2.05) is 0 Å². The SMILES string of the molecule is OC1OCC[C@@H]2[C@H]1[C@@H](O)C[C@H]2O. The lowest BCUT2D eigenvalue weighted by Crippen LogP contribution is -2.40. The molecule has 4 heteroatoms. The summed E-state index contributed by atoms with van der Waals surface area (Å²) in [5.74, 6) is -0.266. The molecule has 1 unspecified atom stereocenters. The molecule has 12 heavy (non-hydrogen) atoms. The van der Waals surface area contributed by atoms with Crippen LogP contribution in [0.2, 0.25) is 0 Å². The number of hydrogen-bond donors (Lipinski definition) is 3. The summed E-state index contributed by atoms with van der Waals surface area (Å²) >= 11 is 0. The lowest BCUT2D eigenvalue weighted by atomic mass is 9.88. The summed E-state index contributed by atoms with van der Waals surface area (Å²) < 4.78 is 4.99. The molecule has 0 aromatic rings. The molecule has 2 rings (SSSR count). The number of rotatable bonds is 0. The van der Waals surface area contributed by atoms with E-state index in [2.05, 4.69) is 0 Å². The van der Waals surface area contributed by atoms with Gasteiger partial charge in [0.1, 0.15) is 0 Å². The minimum atomic E-state index is -0.893. The van der Waals surface area contributed by atoms with Gasteiger partial charge in [-0.25, -0.2) is 0 Å². The van der Waals surface area contributed by atoms with Gasteiger partial charge in [0.05, 0.1) is 18.8 Å². The first-order chi connectivity index (χ1) is 5.70. The zero-order chi connectivity index (χ0) is 8.72. The molecule has 1 saturated heterocycles.